The van der Waals surface area contributed by atoms with Crippen molar-refractivity contribution in [2.75, 3.05) is 18.4 Å². The Bertz CT molecular complexity index is 1000. The first-order valence-electron chi connectivity index (χ1n) is 11.8. The molecule has 1 atom stereocenters. The predicted molar refractivity (Wildman–Crippen MR) is 128 cm³/mol. The van der Waals surface area contributed by atoms with Gasteiger partial charge in [-0.15, -0.1) is 0 Å². The van der Waals surface area contributed by atoms with E-state index in [1.54, 1.807) is 24.3 Å². The molecule has 0 spiro atoms. The van der Waals surface area contributed by atoms with Crippen LogP contribution >= 0.6 is 0 Å². The van der Waals surface area contributed by atoms with Gasteiger partial charge in [0.2, 0.25) is 5.91 Å². The second kappa shape index (κ2) is 10.5. The zero-order chi connectivity index (χ0) is 23.2. The Labute approximate surface area is 195 Å². The summed E-state index contributed by atoms with van der Waals surface area (Å²) in [6, 6.07) is 14.9. The number of nitrogens with one attached hydrogen (secondary N) is 2. The Hall–Kier alpha value is -3.35. The normalized spacial score (nSPS) is 18.3. The van der Waals surface area contributed by atoms with E-state index in [9.17, 15) is 14.4 Å². The number of hydrogen-bond acceptors (Lipinski definition) is 3. The van der Waals surface area contributed by atoms with Gasteiger partial charge in [0.25, 0.3) is 5.91 Å². The van der Waals surface area contributed by atoms with Crippen LogP contribution in [0.2, 0.25) is 0 Å². The number of likely N-dealkylation sites (tertiary alicyclic amines) is 2. The number of piperidine rings is 1. The third-order valence-electron chi connectivity index (χ3n) is 6.44. The summed E-state index contributed by atoms with van der Waals surface area (Å²) in [5.41, 5.74) is 3.32. The highest BCUT2D eigenvalue weighted by atomic mass is 16.2. The molecule has 2 aromatic rings. The Morgan fingerprint density at radius 1 is 1.00 bits per heavy atom. The first-order chi connectivity index (χ1) is 16.0. The Morgan fingerprint density at radius 3 is 2.52 bits per heavy atom. The quantitative estimate of drug-likeness (QED) is 0.697. The maximum absolute atomic E-state index is 12.8. The predicted octanol–water partition coefficient (Wildman–Crippen LogP) is 4.15. The summed E-state index contributed by atoms with van der Waals surface area (Å²) in [6.07, 6.45) is 4.83. The number of rotatable bonds is 6. The topological polar surface area (TPSA) is 81.8 Å². The minimum Gasteiger partial charge on any atom is -0.338 e. The lowest BCUT2D eigenvalue weighted by atomic mass is 10.0. The fraction of sp³-hybridized carbons (Fsp3) is 0.423. The van der Waals surface area contributed by atoms with Crippen LogP contribution in [0.3, 0.4) is 0 Å². The molecule has 7 nitrogen and oxygen atoms in total. The molecule has 1 unspecified atom stereocenters. The van der Waals surface area contributed by atoms with E-state index in [0.29, 0.717) is 30.8 Å². The summed E-state index contributed by atoms with van der Waals surface area (Å²) in [5, 5.41) is 5.68. The van der Waals surface area contributed by atoms with Crippen molar-refractivity contribution >= 4 is 23.5 Å². The molecule has 2 aliphatic rings. The number of amides is 4. The van der Waals surface area contributed by atoms with Crippen molar-refractivity contribution in [2.24, 2.45) is 0 Å². The minimum atomic E-state index is -0.307. The SMILES string of the molecule is CC1CCCCN1C(=O)c1ccc(NC(=O)NCc2cccc(CN3CCCC3=O)c2)cc1. The van der Waals surface area contributed by atoms with Crippen molar-refractivity contribution in [3.63, 3.8) is 0 Å². The number of anilines is 1. The fourth-order valence-corrected chi connectivity index (χ4v) is 4.55. The molecule has 0 aromatic heterocycles. The van der Waals surface area contributed by atoms with Crippen molar-refractivity contribution < 1.29 is 14.4 Å². The monoisotopic (exact) mass is 448 g/mol. The van der Waals surface area contributed by atoms with Gasteiger partial charge in [0.15, 0.2) is 0 Å². The van der Waals surface area contributed by atoms with Gasteiger partial charge in [0.05, 0.1) is 0 Å². The van der Waals surface area contributed by atoms with E-state index in [4.69, 9.17) is 0 Å². The lowest BCUT2D eigenvalue weighted by Crippen LogP contribution is -2.42. The molecule has 7 heteroatoms. The van der Waals surface area contributed by atoms with Gasteiger partial charge in [-0.1, -0.05) is 24.3 Å². The van der Waals surface area contributed by atoms with Crippen LogP contribution in [0.25, 0.3) is 0 Å². The molecule has 0 radical (unpaired) electrons. The number of urea groups is 1. The summed E-state index contributed by atoms with van der Waals surface area (Å²) in [7, 11) is 0. The van der Waals surface area contributed by atoms with Crippen LogP contribution in [-0.4, -0.2) is 46.8 Å². The smallest absolute Gasteiger partial charge is 0.319 e. The zero-order valence-electron chi connectivity index (χ0n) is 19.2. The van der Waals surface area contributed by atoms with Gasteiger partial charge in [-0.3, -0.25) is 9.59 Å². The fourth-order valence-electron chi connectivity index (χ4n) is 4.55. The van der Waals surface area contributed by atoms with Gasteiger partial charge in [-0.2, -0.15) is 0 Å². The number of hydrogen-bond donors (Lipinski definition) is 2. The van der Waals surface area contributed by atoms with Gasteiger partial charge in [-0.25, -0.2) is 4.79 Å². The number of nitrogens with zero attached hydrogens (tertiary/aromatic N) is 2. The van der Waals surface area contributed by atoms with Crippen LogP contribution < -0.4 is 10.6 Å². The molecule has 2 fully saturated rings. The van der Waals surface area contributed by atoms with E-state index in [-0.39, 0.29) is 23.9 Å². The molecule has 0 aliphatic carbocycles. The van der Waals surface area contributed by atoms with Gasteiger partial charge in [0, 0.05) is 49.9 Å². The Balaban J connectivity index is 1.27. The maximum Gasteiger partial charge on any atom is 0.319 e. The molecule has 174 valence electrons. The highest BCUT2D eigenvalue weighted by molar-refractivity contribution is 5.95. The molecule has 0 bridgehead atoms. The van der Waals surface area contributed by atoms with E-state index in [1.807, 2.05) is 34.1 Å². The number of carbonyl (C=O) groups excluding carboxylic acids is 3. The molecule has 2 saturated heterocycles. The van der Waals surface area contributed by atoms with Crippen LogP contribution in [0.1, 0.15) is 60.5 Å². The van der Waals surface area contributed by atoms with Crippen LogP contribution in [-0.2, 0) is 17.9 Å². The third kappa shape index (κ3) is 5.92. The molecular formula is C26H32N4O3. The average molecular weight is 449 g/mol. The maximum atomic E-state index is 12.8. The van der Waals surface area contributed by atoms with Crippen molar-refractivity contribution in [1.29, 1.82) is 0 Å². The van der Waals surface area contributed by atoms with E-state index in [1.165, 1.54) is 6.42 Å². The molecule has 0 saturated carbocycles. The van der Waals surface area contributed by atoms with Crippen molar-refractivity contribution in [2.45, 2.75) is 58.2 Å². The highest BCUT2D eigenvalue weighted by Gasteiger charge is 2.24. The Morgan fingerprint density at radius 2 is 1.79 bits per heavy atom. The molecule has 4 amide bonds. The van der Waals surface area contributed by atoms with E-state index >= 15 is 0 Å². The molecule has 4 rings (SSSR count). The molecule has 2 heterocycles. The molecule has 2 aromatic carbocycles. The molecule has 2 aliphatic heterocycles. The zero-order valence-corrected chi connectivity index (χ0v) is 19.2. The van der Waals surface area contributed by atoms with Crippen LogP contribution in [0.15, 0.2) is 48.5 Å². The number of carbonyl (C=O) groups is 3. The second-order valence-electron chi connectivity index (χ2n) is 8.97. The van der Waals surface area contributed by atoms with E-state index in [0.717, 1.165) is 43.5 Å². The summed E-state index contributed by atoms with van der Waals surface area (Å²) < 4.78 is 0. The van der Waals surface area contributed by atoms with Crippen LogP contribution in [0, 0.1) is 0 Å². The second-order valence-corrected chi connectivity index (χ2v) is 8.97. The van der Waals surface area contributed by atoms with Crippen molar-refractivity contribution in [1.82, 2.24) is 15.1 Å². The standard InChI is InChI=1S/C26H32N4O3/c1-19-6-2-3-15-30(19)25(32)22-10-12-23(13-11-22)28-26(33)27-17-20-7-4-8-21(16-20)18-29-14-5-9-24(29)31/h4,7-8,10-13,16,19H,2-3,5-6,9,14-15,17-18H2,1H3,(H2,27,28,33). The van der Waals surface area contributed by atoms with Crippen molar-refractivity contribution in [3.8, 4) is 0 Å². The molecule has 2 N–H and O–H groups in total. The highest BCUT2D eigenvalue weighted by Crippen LogP contribution is 2.20. The first-order valence-corrected chi connectivity index (χ1v) is 11.8. The molecular weight excluding hydrogens is 416 g/mol. The summed E-state index contributed by atoms with van der Waals surface area (Å²) >= 11 is 0. The van der Waals surface area contributed by atoms with E-state index < -0.39 is 0 Å². The Kier molecular flexibility index (Phi) is 7.27. The summed E-state index contributed by atoms with van der Waals surface area (Å²) in [6.45, 7) is 4.71. The largest absolute Gasteiger partial charge is 0.338 e. The van der Waals surface area contributed by atoms with Gasteiger partial charge in [-0.05, 0) is 68.0 Å². The van der Waals surface area contributed by atoms with E-state index in [2.05, 4.69) is 17.6 Å². The van der Waals surface area contributed by atoms with Crippen molar-refractivity contribution in [3.05, 3.63) is 65.2 Å². The lowest BCUT2D eigenvalue weighted by Gasteiger charge is -2.33. The van der Waals surface area contributed by atoms with Gasteiger partial charge >= 0.3 is 6.03 Å². The summed E-state index contributed by atoms with van der Waals surface area (Å²) in [5.74, 6) is 0.254. The van der Waals surface area contributed by atoms with Gasteiger partial charge in [0.1, 0.15) is 0 Å². The lowest BCUT2D eigenvalue weighted by molar-refractivity contribution is -0.128. The number of benzene rings is 2. The minimum absolute atomic E-state index is 0.0497. The summed E-state index contributed by atoms with van der Waals surface area (Å²) in [4.78, 5) is 40.8. The average Bonchev–Trinajstić information content (AvgIpc) is 3.22. The van der Waals surface area contributed by atoms with Crippen LogP contribution in [0.5, 0.6) is 0 Å². The third-order valence-corrected chi connectivity index (χ3v) is 6.44. The van der Waals surface area contributed by atoms with Gasteiger partial charge < -0.3 is 20.4 Å². The first kappa shape index (κ1) is 22.8. The van der Waals surface area contributed by atoms with Crippen LogP contribution in [0.4, 0.5) is 10.5 Å². The molecule has 33 heavy (non-hydrogen) atoms.